The van der Waals surface area contributed by atoms with Crippen LogP contribution in [0.4, 0.5) is 5.82 Å². The number of pyridine rings is 2. The van der Waals surface area contributed by atoms with Gasteiger partial charge in [-0.15, -0.1) is 4.73 Å². The van der Waals surface area contributed by atoms with Crippen LogP contribution in [0.5, 0.6) is 0 Å². The minimum Gasteiger partial charge on any atom is -0.464 e. The molecule has 0 atom stereocenters. The summed E-state index contributed by atoms with van der Waals surface area (Å²) < 4.78 is 5.37. The number of ether oxygens (including phenoxy) is 1. The highest BCUT2D eigenvalue weighted by Gasteiger charge is 2.17. The van der Waals surface area contributed by atoms with Gasteiger partial charge in [0.1, 0.15) is 11.3 Å². The quantitative estimate of drug-likeness (QED) is 0.535. The summed E-state index contributed by atoms with van der Waals surface area (Å²) in [5.74, 6) is -0.165. The molecule has 8 heteroatoms. The van der Waals surface area contributed by atoms with E-state index in [2.05, 4.69) is 19.7 Å². The fraction of sp³-hybridized carbons (Fsp3) is 0.0769. The lowest BCUT2D eigenvalue weighted by Crippen LogP contribution is -2.05. The summed E-state index contributed by atoms with van der Waals surface area (Å²) in [6, 6.07) is 6.39. The van der Waals surface area contributed by atoms with Gasteiger partial charge in [0, 0.05) is 6.20 Å². The number of aromatic nitrogens is 4. The molecule has 0 aliphatic carbocycles. The van der Waals surface area contributed by atoms with Crippen molar-refractivity contribution in [2.45, 2.75) is 0 Å². The molecule has 3 N–H and O–H groups in total. The van der Waals surface area contributed by atoms with Gasteiger partial charge in [-0.2, -0.15) is 0 Å². The number of hydrogen-bond donors (Lipinski definition) is 2. The smallest absolute Gasteiger partial charge is 0.356 e. The Morgan fingerprint density at radius 3 is 2.86 bits per heavy atom. The first kappa shape index (κ1) is 12.9. The van der Waals surface area contributed by atoms with Crippen LogP contribution in [0.3, 0.4) is 0 Å². The fourth-order valence-corrected chi connectivity index (χ4v) is 1.95. The minimum absolute atomic E-state index is 0.0749. The van der Waals surface area contributed by atoms with Crippen molar-refractivity contribution in [3.05, 3.63) is 36.2 Å². The third kappa shape index (κ3) is 2.02. The van der Waals surface area contributed by atoms with Gasteiger partial charge in [-0.3, -0.25) is 0 Å². The molecule has 0 saturated heterocycles. The van der Waals surface area contributed by atoms with E-state index < -0.39 is 5.97 Å². The number of imidazole rings is 1. The van der Waals surface area contributed by atoms with E-state index in [9.17, 15) is 10.0 Å². The zero-order valence-corrected chi connectivity index (χ0v) is 11.0. The molecule has 8 nitrogen and oxygen atoms in total. The number of nitrogens with two attached hydrogens (primary N) is 1. The van der Waals surface area contributed by atoms with Crippen molar-refractivity contribution in [3.63, 3.8) is 0 Å². The zero-order chi connectivity index (χ0) is 15.0. The van der Waals surface area contributed by atoms with Crippen LogP contribution in [0.2, 0.25) is 0 Å². The predicted molar refractivity (Wildman–Crippen MR) is 73.7 cm³/mol. The second kappa shape index (κ2) is 4.75. The summed E-state index contributed by atoms with van der Waals surface area (Å²) in [4.78, 5) is 23.7. The van der Waals surface area contributed by atoms with E-state index in [1.165, 1.54) is 19.4 Å². The molecule has 0 unspecified atom stereocenters. The monoisotopic (exact) mass is 285 g/mol. The first-order valence-corrected chi connectivity index (χ1v) is 5.99. The molecule has 0 fully saturated rings. The fourth-order valence-electron chi connectivity index (χ4n) is 1.95. The Balaban J connectivity index is 2.21. The van der Waals surface area contributed by atoms with Crippen molar-refractivity contribution in [1.29, 1.82) is 0 Å². The maximum atomic E-state index is 11.5. The van der Waals surface area contributed by atoms with Gasteiger partial charge in [0.05, 0.1) is 12.7 Å². The lowest BCUT2D eigenvalue weighted by atomic mass is 10.2. The Labute approximate surface area is 118 Å². The maximum absolute atomic E-state index is 11.5. The van der Waals surface area contributed by atoms with Gasteiger partial charge < -0.3 is 15.7 Å². The Hall–Kier alpha value is -3.16. The molecule has 3 heterocycles. The number of nitrogen functional groups attached to an aromatic ring is 1. The van der Waals surface area contributed by atoms with Crippen molar-refractivity contribution >= 4 is 23.0 Å². The molecule has 0 aliphatic rings. The van der Waals surface area contributed by atoms with Gasteiger partial charge in [-0.05, 0) is 24.3 Å². The van der Waals surface area contributed by atoms with Crippen molar-refractivity contribution in [3.8, 4) is 11.4 Å². The highest BCUT2D eigenvalue weighted by Crippen LogP contribution is 2.25. The number of hydrogen-bond acceptors (Lipinski definition) is 7. The van der Waals surface area contributed by atoms with Crippen LogP contribution in [0, 0.1) is 0 Å². The molecule has 21 heavy (non-hydrogen) atoms. The summed E-state index contributed by atoms with van der Waals surface area (Å²) in [6.07, 6.45) is 1.54. The Morgan fingerprint density at radius 1 is 1.33 bits per heavy atom. The van der Waals surface area contributed by atoms with Gasteiger partial charge in [-0.1, -0.05) is 0 Å². The molecule has 0 saturated carbocycles. The van der Waals surface area contributed by atoms with Crippen molar-refractivity contribution in [2.24, 2.45) is 0 Å². The molecule has 106 valence electrons. The number of esters is 1. The van der Waals surface area contributed by atoms with Crippen LogP contribution in [-0.4, -0.2) is 38.0 Å². The molecule has 0 bridgehead atoms. The van der Waals surface area contributed by atoms with Gasteiger partial charge >= 0.3 is 5.97 Å². The van der Waals surface area contributed by atoms with Crippen LogP contribution in [-0.2, 0) is 4.74 Å². The van der Waals surface area contributed by atoms with Gasteiger partial charge in [0.2, 0.25) is 0 Å². The van der Waals surface area contributed by atoms with Crippen LogP contribution in [0.1, 0.15) is 10.5 Å². The number of carbonyl (C=O) groups is 1. The molecule has 3 aromatic heterocycles. The predicted octanol–water partition coefficient (Wildman–Crippen LogP) is 1.10. The van der Waals surface area contributed by atoms with Gasteiger partial charge in [-0.25, -0.2) is 19.7 Å². The van der Waals surface area contributed by atoms with E-state index in [-0.39, 0.29) is 23.0 Å². The largest absolute Gasteiger partial charge is 0.464 e. The van der Waals surface area contributed by atoms with Crippen LogP contribution < -0.4 is 5.73 Å². The zero-order valence-electron chi connectivity index (χ0n) is 11.0. The summed E-state index contributed by atoms with van der Waals surface area (Å²) in [5.41, 5.74) is 6.87. The number of rotatable bonds is 2. The third-order valence-corrected chi connectivity index (χ3v) is 2.96. The lowest BCUT2D eigenvalue weighted by Gasteiger charge is -2.03. The molecule has 0 radical (unpaired) electrons. The topological polar surface area (TPSA) is 116 Å². The highest BCUT2D eigenvalue weighted by molar-refractivity contribution is 5.90. The first-order valence-electron chi connectivity index (χ1n) is 5.99. The summed E-state index contributed by atoms with van der Waals surface area (Å²) in [5, 5.41) is 10.2. The number of fused-ring (bicyclic) bond motifs is 1. The molecule has 0 spiro atoms. The number of methoxy groups -OCH3 is 1. The van der Waals surface area contributed by atoms with Gasteiger partial charge in [0.25, 0.3) is 0 Å². The van der Waals surface area contributed by atoms with E-state index in [4.69, 9.17) is 5.73 Å². The average Bonchev–Trinajstić information content (AvgIpc) is 2.83. The third-order valence-electron chi connectivity index (χ3n) is 2.96. The van der Waals surface area contributed by atoms with E-state index in [1.807, 2.05) is 0 Å². The van der Waals surface area contributed by atoms with Crippen LogP contribution in [0.15, 0.2) is 30.5 Å². The van der Waals surface area contributed by atoms with Crippen molar-refractivity contribution in [2.75, 3.05) is 12.8 Å². The minimum atomic E-state index is -0.597. The average molecular weight is 285 g/mol. The summed E-state index contributed by atoms with van der Waals surface area (Å²) in [7, 11) is 1.26. The Bertz CT molecular complexity index is 843. The van der Waals surface area contributed by atoms with Crippen LogP contribution >= 0.6 is 0 Å². The number of carbonyl (C=O) groups excluding carboxylic acids is 1. The molecular formula is C13H11N5O3. The summed E-state index contributed by atoms with van der Waals surface area (Å²) >= 11 is 0. The first-order chi connectivity index (χ1) is 10.1. The molecule has 3 aromatic rings. The second-order valence-electron chi connectivity index (χ2n) is 4.21. The Morgan fingerprint density at radius 2 is 2.14 bits per heavy atom. The SMILES string of the molecule is COC(=O)c1ccc2nc(-c3cccnc3N)n(O)c2n1. The number of nitrogens with zero attached hydrogens (tertiary/aromatic N) is 4. The Kier molecular flexibility index (Phi) is 2.90. The normalized spacial score (nSPS) is 10.7. The summed E-state index contributed by atoms with van der Waals surface area (Å²) in [6.45, 7) is 0. The van der Waals surface area contributed by atoms with E-state index >= 15 is 0 Å². The van der Waals surface area contributed by atoms with E-state index in [0.29, 0.717) is 11.1 Å². The molecule has 0 aliphatic heterocycles. The molecular weight excluding hydrogens is 274 g/mol. The van der Waals surface area contributed by atoms with Crippen molar-refractivity contribution in [1.82, 2.24) is 19.7 Å². The maximum Gasteiger partial charge on any atom is 0.356 e. The highest BCUT2D eigenvalue weighted by atomic mass is 16.5. The standard InChI is InChI=1S/C13H11N5O3/c1-21-13(19)9-5-4-8-12(17-9)18(20)11(16-8)7-3-2-6-15-10(7)14/h2-6,20H,1H3,(H2,14,15). The van der Waals surface area contributed by atoms with Crippen LogP contribution in [0.25, 0.3) is 22.6 Å². The van der Waals surface area contributed by atoms with E-state index in [0.717, 1.165) is 4.73 Å². The second-order valence-corrected chi connectivity index (χ2v) is 4.21. The lowest BCUT2D eigenvalue weighted by molar-refractivity contribution is 0.0594. The van der Waals surface area contributed by atoms with Crippen molar-refractivity contribution < 1.29 is 14.7 Å². The van der Waals surface area contributed by atoms with Gasteiger partial charge in [0.15, 0.2) is 17.2 Å². The molecule has 3 rings (SSSR count). The molecule has 0 aromatic carbocycles. The molecule has 0 amide bonds. The number of anilines is 1. The van der Waals surface area contributed by atoms with E-state index in [1.54, 1.807) is 18.2 Å².